The lowest BCUT2D eigenvalue weighted by molar-refractivity contribution is 0.240. The van der Waals surface area contributed by atoms with Crippen LogP contribution in [0.25, 0.3) is 0 Å². The maximum atomic E-state index is 3.73. The Morgan fingerprint density at radius 2 is 2.07 bits per heavy atom. The van der Waals surface area contributed by atoms with Gasteiger partial charge in [0.05, 0.1) is 0 Å². The molecule has 15 heavy (non-hydrogen) atoms. The van der Waals surface area contributed by atoms with E-state index in [1.54, 1.807) is 0 Å². The van der Waals surface area contributed by atoms with Crippen LogP contribution >= 0.6 is 15.9 Å². The second kappa shape index (κ2) is 5.13. The van der Waals surface area contributed by atoms with Crippen LogP contribution in [0.1, 0.15) is 25.3 Å². The first-order valence-electron chi connectivity index (χ1n) is 5.71. The number of hydrogen-bond acceptors (Lipinski definition) is 1. The number of alkyl halides is 1. The molecular weight excluding hydrogens is 250 g/mol. The molecule has 0 aromatic heterocycles. The number of hydrogen-bond donors (Lipinski definition) is 0. The summed E-state index contributed by atoms with van der Waals surface area (Å²) in [6.07, 6.45) is 2.55. The number of nitrogens with zero attached hydrogens (tertiary/aromatic N) is 1. The fraction of sp³-hybridized carbons (Fsp3) is 0.538. The van der Waals surface area contributed by atoms with Gasteiger partial charge >= 0.3 is 0 Å². The van der Waals surface area contributed by atoms with Gasteiger partial charge < -0.3 is 0 Å². The predicted octanol–water partition coefficient (Wildman–Crippen LogP) is 3.43. The van der Waals surface area contributed by atoms with Gasteiger partial charge in [-0.1, -0.05) is 53.2 Å². The molecule has 1 aromatic rings. The average Bonchev–Trinajstić information content (AvgIpc) is 2.60. The summed E-state index contributed by atoms with van der Waals surface area (Å²) in [6.45, 7) is 4.57. The van der Waals surface area contributed by atoms with Crippen LogP contribution in [0.3, 0.4) is 0 Å². The lowest BCUT2D eigenvalue weighted by Gasteiger charge is -2.22. The molecule has 1 nitrogen and oxygen atoms in total. The molecule has 0 N–H and O–H groups in total. The molecular formula is C13H18BrN. The normalized spacial score (nSPS) is 27.1. The fourth-order valence-corrected chi connectivity index (χ4v) is 3.16. The molecule has 1 aliphatic rings. The number of likely N-dealkylation sites (tertiary alicyclic amines) is 1. The van der Waals surface area contributed by atoms with Crippen molar-refractivity contribution >= 4 is 15.9 Å². The first-order valence-corrected chi connectivity index (χ1v) is 6.63. The van der Waals surface area contributed by atoms with Crippen molar-refractivity contribution in [2.75, 3.05) is 6.54 Å². The van der Waals surface area contributed by atoms with Crippen LogP contribution in [0, 0.1) is 0 Å². The second-order valence-electron chi connectivity index (χ2n) is 4.31. The molecule has 82 valence electrons. The van der Waals surface area contributed by atoms with Gasteiger partial charge in [-0.3, -0.25) is 4.90 Å². The third kappa shape index (κ3) is 2.82. The first-order chi connectivity index (χ1) is 7.29. The molecule has 2 rings (SSSR count). The second-order valence-corrected chi connectivity index (χ2v) is 5.61. The van der Waals surface area contributed by atoms with Crippen molar-refractivity contribution in [3.8, 4) is 0 Å². The number of benzene rings is 1. The van der Waals surface area contributed by atoms with E-state index in [1.807, 2.05) is 0 Å². The monoisotopic (exact) mass is 267 g/mol. The summed E-state index contributed by atoms with van der Waals surface area (Å²) < 4.78 is 0. The summed E-state index contributed by atoms with van der Waals surface area (Å²) in [6, 6.07) is 11.5. The Morgan fingerprint density at radius 1 is 1.33 bits per heavy atom. The molecule has 0 unspecified atom stereocenters. The van der Waals surface area contributed by atoms with Crippen molar-refractivity contribution in [3.05, 3.63) is 35.9 Å². The van der Waals surface area contributed by atoms with E-state index in [0.29, 0.717) is 4.83 Å². The highest BCUT2D eigenvalue weighted by Gasteiger charge is 2.28. The minimum atomic E-state index is 0.686. The third-order valence-electron chi connectivity index (χ3n) is 3.18. The Labute approximate surface area is 101 Å². The molecule has 0 aliphatic carbocycles. The van der Waals surface area contributed by atoms with Crippen molar-refractivity contribution < 1.29 is 0 Å². The largest absolute Gasteiger partial charge is 0.295 e. The highest BCUT2D eigenvalue weighted by molar-refractivity contribution is 9.09. The van der Waals surface area contributed by atoms with Crippen molar-refractivity contribution in [2.24, 2.45) is 0 Å². The molecule has 0 amide bonds. The van der Waals surface area contributed by atoms with Gasteiger partial charge in [-0.05, 0) is 18.4 Å². The van der Waals surface area contributed by atoms with E-state index in [-0.39, 0.29) is 0 Å². The molecule has 1 saturated heterocycles. The van der Waals surface area contributed by atoms with Crippen molar-refractivity contribution in [3.63, 3.8) is 0 Å². The zero-order chi connectivity index (χ0) is 10.7. The average molecular weight is 268 g/mol. The van der Waals surface area contributed by atoms with Gasteiger partial charge in [-0.25, -0.2) is 0 Å². The predicted molar refractivity (Wildman–Crippen MR) is 68.3 cm³/mol. The van der Waals surface area contributed by atoms with E-state index in [4.69, 9.17) is 0 Å². The summed E-state index contributed by atoms with van der Waals surface area (Å²) >= 11 is 3.73. The smallest absolute Gasteiger partial charge is 0.0288 e. The van der Waals surface area contributed by atoms with Crippen LogP contribution in [0.5, 0.6) is 0 Å². The van der Waals surface area contributed by atoms with Crippen LogP contribution in [-0.4, -0.2) is 22.3 Å². The van der Waals surface area contributed by atoms with E-state index in [0.717, 1.165) is 12.6 Å². The van der Waals surface area contributed by atoms with E-state index in [2.05, 4.69) is 58.1 Å². The van der Waals surface area contributed by atoms with E-state index in [1.165, 1.54) is 24.9 Å². The standard InChI is InChI=1S/C13H18BrN/c1-2-13-8-12(14)10-15(13)9-11-6-4-3-5-7-11/h3-7,12-13H,2,8-10H2,1H3/t12-,13-/m0/s1. The van der Waals surface area contributed by atoms with Crippen molar-refractivity contribution in [2.45, 2.75) is 37.2 Å². The summed E-state index contributed by atoms with van der Waals surface area (Å²) in [7, 11) is 0. The Kier molecular flexibility index (Phi) is 3.81. The summed E-state index contributed by atoms with van der Waals surface area (Å²) in [5, 5.41) is 0. The SMILES string of the molecule is CC[C@H]1C[C@H](Br)CN1Cc1ccccc1. The van der Waals surface area contributed by atoms with Crippen LogP contribution < -0.4 is 0 Å². The first kappa shape index (κ1) is 11.2. The Morgan fingerprint density at radius 3 is 2.73 bits per heavy atom. The lowest BCUT2D eigenvalue weighted by Crippen LogP contribution is -2.28. The number of halogens is 1. The molecule has 1 heterocycles. The third-order valence-corrected chi connectivity index (χ3v) is 3.84. The van der Waals surface area contributed by atoms with Crippen LogP contribution in [0.2, 0.25) is 0 Å². The fourth-order valence-electron chi connectivity index (χ4n) is 2.36. The summed E-state index contributed by atoms with van der Waals surface area (Å²) in [5.41, 5.74) is 1.43. The lowest BCUT2D eigenvalue weighted by atomic mass is 10.1. The van der Waals surface area contributed by atoms with Crippen molar-refractivity contribution in [1.82, 2.24) is 4.90 Å². The van der Waals surface area contributed by atoms with Gasteiger partial charge in [0.1, 0.15) is 0 Å². The van der Waals surface area contributed by atoms with Gasteiger partial charge in [0.25, 0.3) is 0 Å². The minimum Gasteiger partial charge on any atom is -0.295 e. The van der Waals surface area contributed by atoms with Crippen LogP contribution in [0.4, 0.5) is 0 Å². The van der Waals surface area contributed by atoms with Crippen molar-refractivity contribution in [1.29, 1.82) is 0 Å². The molecule has 1 fully saturated rings. The molecule has 0 spiro atoms. The summed E-state index contributed by atoms with van der Waals surface area (Å²) in [5.74, 6) is 0. The van der Waals surface area contributed by atoms with Gasteiger partial charge in [-0.15, -0.1) is 0 Å². The zero-order valence-corrected chi connectivity index (χ0v) is 10.8. The molecule has 2 heteroatoms. The summed E-state index contributed by atoms with van der Waals surface area (Å²) in [4.78, 5) is 3.28. The quantitative estimate of drug-likeness (QED) is 0.759. The minimum absolute atomic E-state index is 0.686. The highest BCUT2D eigenvalue weighted by atomic mass is 79.9. The van der Waals surface area contributed by atoms with Gasteiger partial charge in [0.2, 0.25) is 0 Å². The topological polar surface area (TPSA) is 3.24 Å². The Bertz CT molecular complexity index is 299. The molecule has 0 bridgehead atoms. The van der Waals surface area contributed by atoms with Gasteiger partial charge in [-0.2, -0.15) is 0 Å². The maximum Gasteiger partial charge on any atom is 0.0288 e. The van der Waals surface area contributed by atoms with Crippen LogP contribution in [0.15, 0.2) is 30.3 Å². The van der Waals surface area contributed by atoms with Gasteiger partial charge in [0, 0.05) is 24.0 Å². The molecule has 2 atom stereocenters. The van der Waals surface area contributed by atoms with Crippen LogP contribution in [-0.2, 0) is 6.54 Å². The molecule has 0 saturated carbocycles. The van der Waals surface area contributed by atoms with E-state index >= 15 is 0 Å². The Hall–Kier alpha value is -0.340. The van der Waals surface area contributed by atoms with E-state index in [9.17, 15) is 0 Å². The highest BCUT2D eigenvalue weighted by Crippen LogP contribution is 2.26. The zero-order valence-electron chi connectivity index (χ0n) is 9.20. The molecule has 0 radical (unpaired) electrons. The van der Waals surface area contributed by atoms with E-state index < -0.39 is 0 Å². The van der Waals surface area contributed by atoms with Gasteiger partial charge in [0.15, 0.2) is 0 Å². The Balaban J connectivity index is 2.00. The maximum absolute atomic E-state index is 3.73. The molecule has 1 aromatic carbocycles. The number of rotatable bonds is 3. The molecule has 1 aliphatic heterocycles.